The van der Waals surface area contributed by atoms with Crippen molar-refractivity contribution in [2.75, 3.05) is 24.5 Å². The van der Waals surface area contributed by atoms with Crippen LogP contribution in [0.15, 0.2) is 22.7 Å². The van der Waals surface area contributed by atoms with Gasteiger partial charge in [-0.3, -0.25) is 0 Å². The summed E-state index contributed by atoms with van der Waals surface area (Å²) in [6.07, 6.45) is 0. The minimum absolute atomic E-state index is 0.585. The molecule has 1 heterocycles. The van der Waals surface area contributed by atoms with Crippen molar-refractivity contribution >= 4 is 21.6 Å². The molecule has 1 aromatic rings. The van der Waals surface area contributed by atoms with Crippen LogP contribution in [-0.4, -0.2) is 25.7 Å². The summed E-state index contributed by atoms with van der Waals surface area (Å²) in [5.74, 6) is 0.662. The van der Waals surface area contributed by atoms with E-state index in [-0.39, 0.29) is 0 Å². The monoisotopic (exact) mass is 296 g/mol. The van der Waals surface area contributed by atoms with Gasteiger partial charge in [0.25, 0.3) is 0 Å². The predicted molar refractivity (Wildman–Crippen MR) is 77.7 cm³/mol. The number of aryl methyl sites for hydroxylation is 1. The molecule has 0 radical (unpaired) electrons. The van der Waals surface area contributed by atoms with E-state index >= 15 is 0 Å². The summed E-state index contributed by atoms with van der Waals surface area (Å²) in [4.78, 5) is 2.54. The Morgan fingerprint density at radius 1 is 1.41 bits per heavy atom. The van der Waals surface area contributed by atoms with Gasteiger partial charge in [0.2, 0.25) is 0 Å². The number of piperazine rings is 1. The topological polar surface area (TPSA) is 15.3 Å². The molecule has 94 valence electrons. The van der Waals surface area contributed by atoms with Gasteiger partial charge in [-0.05, 0) is 46.5 Å². The quantitative estimate of drug-likeness (QED) is 0.902. The van der Waals surface area contributed by atoms with E-state index in [1.165, 1.54) is 15.7 Å². The van der Waals surface area contributed by atoms with Crippen molar-refractivity contribution in [2.24, 2.45) is 5.92 Å². The van der Waals surface area contributed by atoms with Gasteiger partial charge in [-0.1, -0.05) is 19.9 Å². The lowest BCUT2D eigenvalue weighted by molar-refractivity contribution is 0.390. The fourth-order valence-corrected chi connectivity index (χ4v) is 2.94. The van der Waals surface area contributed by atoms with Gasteiger partial charge >= 0.3 is 0 Å². The molecular weight excluding hydrogens is 276 g/mol. The van der Waals surface area contributed by atoms with Crippen LogP contribution in [0, 0.1) is 12.8 Å². The summed E-state index contributed by atoms with van der Waals surface area (Å²) in [6, 6.07) is 7.18. The molecule has 1 aliphatic rings. The zero-order valence-corrected chi connectivity index (χ0v) is 12.4. The first-order chi connectivity index (χ1) is 8.09. The zero-order chi connectivity index (χ0) is 12.4. The number of hydrogen-bond donors (Lipinski definition) is 1. The Kier molecular flexibility index (Phi) is 4.10. The van der Waals surface area contributed by atoms with E-state index in [0.29, 0.717) is 12.0 Å². The van der Waals surface area contributed by atoms with Gasteiger partial charge in [0.05, 0.1) is 5.69 Å². The molecule has 1 aromatic carbocycles. The van der Waals surface area contributed by atoms with Gasteiger partial charge in [-0.2, -0.15) is 0 Å². The third kappa shape index (κ3) is 2.83. The van der Waals surface area contributed by atoms with E-state index in [4.69, 9.17) is 0 Å². The second-order valence-electron chi connectivity index (χ2n) is 5.16. The lowest BCUT2D eigenvalue weighted by Gasteiger charge is -2.41. The lowest BCUT2D eigenvalue weighted by Crippen LogP contribution is -2.53. The third-order valence-corrected chi connectivity index (χ3v) is 4.13. The Bertz CT molecular complexity index is 390. The Labute approximate surface area is 113 Å². The van der Waals surface area contributed by atoms with Crippen molar-refractivity contribution < 1.29 is 0 Å². The Morgan fingerprint density at radius 3 is 2.88 bits per heavy atom. The normalized spacial score (nSPS) is 21.0. The summed E-state index contributed by atoms with van der Waals surface area (Å²) in [6.45, 7) is 10.00. The molecule has 0 aromatic heterocycles. The smallest absolute Gasteiger partial charge is 0.0516 e. The molecule has 1 aliphatic heterocycles. The standard InChI is InChI=1S/C14H21BrN2/c1-10(2)14-9-16-6-7-17(14)13-8-11(3)4-5-12(13)15/h4-5,8,10,14,16H,6-7,9H2,1-3H3. The minimum Gasteiger partial charge on any atom is -0.365 e. The number of rotatable bonds is 2. The van der Waals surface area contributed by atoms with Crippen LogP contribution < -0.4 is 10.2 Å². The van der Waals surface area contributed by atoms with Crippen molar-refractivity contribution in [1.82, 2.24) is 5.32 Å². The first-order valence-corrected chi connectivity index (χ1v) is 7.12. The highest BCUT2D eigenvalue weighted by Crippen LogP contribution is 2.31. The number of nitrogens with one attached hydrogen (secondary N) is 1. The maximum Gasteiger partial charge on any atom is 0.0516 e. The molecule has 1 fully saturated rings. The molecule has 17 heavy (non-hydrogen) atoms. The van der Waals surface area contributed by atoms with E-state index in [0.717, 1.165) is 19.6 Å². The van der Waals surface area contributed by atoms with Crippen LogP contribution in [0.5, 0.6) is 0 Å². The van der Waals surface area contributed by atoms with Crippen LogP contribution in [0.2, 0.25) is 0 Å². The highest BCUT2D eigenvalue weighted by Gasteiger charge is 2.26. The summed E-state index contributed by atoms with van der Waals surface area (Å²) < 4.78 is 1.20. The Morgan fingerprint density at radius 2 is 2.18 bits per heavy atom. The Hall–Kier alpha value is -0.540. The van der Waals surface area contributed by atoms with Crippen LogP contribution in [0.4, 0.5) is 5.69 Å². The molecule has 1 unspecified atom stereocenters. The number of hydrogen-bond acceptors (Lipinski definition) is 2. The second-order valence-corrected chi connectivity index (χ2v) is 6.02. The molecule has 0 saturated carbocycles. The zero-order valence-electron chi connectivity index (χ0n) is 10.8. The van der Waals surface area contributed by atoms with Crippen LogP contribution >= 0.6 is 15.9 Å². The van der Waals surface area contributed by atoms with Crippen molar-refractivity contribution in [3.8, 4) is 0 Å². The summed E-state index contributed by atoms with van der Waals surface area (Å²) in [5.41, 5.74) is 2.66. The maximum absolute atomic E-state index is 3.68. The molecule has 3 heteroatoms. The van der Waals surface area contributed by atoms with Gasteiger partial charge < -0.3 is 10.2 Å². The molecule has 0 bridgehead atoms. The van der Waals surface area contributed by atoms with E-state index in [2.05, 4.69) is 65.1 Å². The molecule has 0 aliphatic carbocycles. The molecule has 2 rings (SSSR count). The second kappa shape index (κ2) is 5.40. The van der Waals surface area contributed by atoms with Crippen LogP contribution in [0.1, 0.15) is 19.4 Å². The Balaban J connectivity index is 2.32. The number of halogens is 1. The lowest BCUT2D eigenvalue weighted by atomic mass is 9.99. The van der Waals surface area contributed by atoms with Gasteiger partial charge in [-0.15, -0.1) is 0 Å². The third-order valence-electron chi connectivity index (χ3n) is 3.46. The summed E-state index contributed by atoms with van der Waals surface area (Å²) in [5, 5.41) is 3.49. The van der Waals surface area contributed by atoms with Gasteiger partial charge in [0, 0.05) is 30.1 Å². The molecule has 1 N–H and O–H groups in total. The fraction of sp³-hybridized carbons (Fsp3) is 0.571. The molecule has 0 amide bonds. The summed E-state index contributed by atoms with van der Waals surface area (Å²) >= 11 is 3.68. The van der Waals surface area contributed by atoms with Gasteiger partial charge in [0.1, 0.15) is 0 Å². The average molecular weight is 297 g/mol. The van der Waals surface area contributed by atoms with Crippen LogP contribution in [-0.2, 0) is 0 Å². The highest BCUT2D eigenvalue weighted by molar-refractivity contribution is 9.10. The van der Waals surface area contributed by atoms with E-state index in [1.807, 2.05) is 0 Å². The highest BCUT2D eigenvalue weighted by atomic mass is 79.9. The van der Waals surface area contributed by atoms with E-state index < -0.39 is 0 Å². The van der Waals surface area contributed by atoms with Gasteiger partial charge in [-0.25, -0.2) is 0 Å². The predicted octanol–water partition coefficient (Wildman–Crippen LogP) is 3.19. The first-order valence-electron chi connectivity index (χ1n) is 6.33. The SMILES string of the molecule is Cc1ccc(Br)c(N2CCNCC2C(C)C)c1. The maximum atomic E-state index is 3.68. The van der Waals surface area contributed by atoms with Crippen molar-refractivity contribution in [2.45, 2.75) is 26.8 Å². The number of nitrogens with zero attached hydrogens (tertiary/aromatic N) is 1. The number of benzene rings is 1. The van der Waals surface area contributed by atoms with E-state index in [1.54, 1.807) is 0 Å². The molecule has 2 nitrogen and oxygen atoms in total. The van der Waals surface area contributed by atoms with Crippen molar-refractivity contribution in [1.29, 1.82) is 0 Å². The number of anilines is 1. The molecular formula is C14H21BrN2. The van der Waals surface area contributed by atoms with Crippen LogP contribution in [0.25, 0.3) is 0 Å². The minimum atomic E-state index is 0.585. The molecule has 0 spiro atoms. The van der Waals surface area contributed by atoms with Crippen LogP contribution in [0.3, 0.4) is 0 Å². The van der Waals surface area contributed by atoms with Crippen molar-refractivity contribution in [3.05, 3.63) is 28.2 Å². The largest absolute Gasteiger partial charge is 0.365 e. The average Bonchev–Trinajstić information content (AvgIpc) is 2.32. The molecule has 1 saturated heterocycles. The van der Waals surface area contributed by atoms with E-state index in [9.17, 15) is 0 Å². The first kappa shape index (κ1) is 12.9. The summed E-state index contributed by atoms with van der Waals surface area (Å²) in [7, 11) is 0. The van der Waals surface area contributed by atoms with Crippen molar-refractivity contribution in [3.63, 3.8) is 0 Å². The van der Waals surface area contributed by atoms with Gasteiger partial charge in [0.15, 0.2) is 0 Å². The fourth-order valence-electron chi connectivity index (χ4n) is 2.46. The molecule has 1 atom stereocenters.